The summed E-state index contributed by atoms with van der Waals surface area (Å²) in [5, 5.41) is 5.82. The lowest BCUT2D eigenvalue weighted by molar-refractivity contribution is -0.125. The molecular weight excluding hydrogens is 1230 g/mol. The first kappa shape index (κ1) is 70.5. The zero-order valence-electron chi connectivity index (χ0n) is 51.9. The van der Waals surface area contributed by atoms with E-state index in [4.69, 9.17) is 52.1 Å². The van der Waals surface area contributed by atoms with Gasteiger partial charge in [-0.25, -0.2) is 25.4 Å². The number of fused-ring (bicyclic) bond motifs is 2. The Balaban J connectivity index is 0.000000242. The van der Waals surface area contributed by atoms with Crippen molar-refractivity contribution in [1.29, 1.82) is 0 Å². The molecule has 90 heavy (non-hydrogen) atoms. The van der Waals surface area contributed by atoms with Gasteiger partial charge in [0.2, 0.25) is 20.0 Å². The van der Waals surface area contributed by atoms with Crippen LogP contribution in [-0.2, 0) is 52.0 Å². The van der Waals surface area contributed by atoms with Crippen LogP contribution in [0.5, 0.6) is 11.5 Å². The zero-order valence-corrected chi connectivity index (χ0v) is 55.1. The van der Waals surface area contributed by atoms with Crippen LogP contribution in [0.3, 0.4) is 0 Å². The van der Waals surface area contributed by atoms with Gasteiger partial charge in [0.15, 0.2) is 0 Å². The molecule has 0 radical (unpaired) electrons. The number of benzene rings is 4. The van der Waals surface area contributed by atoms with Crippen LogP contribution in [0.2, 0.25) is 0 Å². The topological polar surface area (TPSA) is 235 Å². The first-order chi connectivity index (χ1) is 43.2. The molecule has 2 fully saturated rings. The van der Waals surface area contributed by atoms with Gasteiger partial charge in [0.1, 0.15) is 40.9 Å². The van der Waals surface area contributed by atoms with Gasteiger partial charge in [-0.3, -0.25) is 29.2 Å². The van der Waals surface area contributed by atoms with Gasteiger partial charge in [0.25, 0.3) is 23.6 Å². The van der Waals surface area contributed by atoms with Crippen molar-refractivity contribution >= 4 is 78.5 Å². The van der Waals surface area contributed by atoms with Gasteiger partial charge in [-0.05, 0) is 148 Å². The van der Waals surface area contributed by atoms with E-state index in [2.05, 4.69) is 23.8 Å². The van der Waals surface area contributed by atoms with E-state index in [0.717, 1.165) is 52.6 Å². The molecule has 0 aromatic heterocycles. The van der Waals surface area contributed by atoms with Gasteiger partial charge in [0.05, 0.1) is 50.7 Å². The summed E-state index contributed by atoms with van der Waals surface area (Å²) in [7, 11) is -3.66. The van der Waals surface area contributed by atoms with Crippen molar-refractivity contribution in [3.8, 4) is 11.5 Å². The molecule has 2 N–H and O–H groups in total. The first-order valence-corrected chi connectivity index (χ1v) is 34.6. The highest BCUT2D eigenvalue weighted by molar-refractivity contribution is 7.89. The minimum absolute atomic E-state index is 0.0492. The molecule has 2 saturated heterocycles. The average Bonchev–Trinajstić information content (AvgIpc) is 2.02. The van der Waals surface area contributed by atoms with Crippen LogP contribution in [0.1, 0.15) is 99.0 Å². The number of hydrogen-bond donors (Lipinski definition) is 2. The highest BCUT2D eigenvalue weighted by atomic mass is 35.5. The highest BCUT2D eigenvalue weighted by Gasteiger charge is 2.49. The van der Waals surface area contributed by atoms with Crippen LogP contribution in [-0.4, -0.2) is 191 Å². The van der Waals surface area contributed by atoms with Crippen molar-refractivity contribution in [2.24, 2.45) is 9.98 Å². The number of carbonyl (C=O) groups excluding carboxylic acids is 4. The lowest BCUT2D eigenvalue weighted by Gasteiger charge is -2.34. The molecule has 0 unspecified atom stereocenters. The van der Waals surface area contributed by atoms with Crippen molar-refractivity contribution in [2.45, 2.75) is 82.7 Å². The van der Waals surface area contributed by atoms with Gasteiger partial charge in [0, 0.05) is 80.8 Å². The number of amides is 4. The van der Waals surface area contributed by atoms with E-state index < -0.39 is 31.1 Å². The number of allylic oxidation sites excluding steroid dienone is 1. The van der Waals surface area contributed by atoms with Gasteiger partial charge < -0.3 is 39.4 Å². The molecule has 20 nitrogen and oxygen atoms in total. The maximum Gasteiger partial charge on any atom is 0.253 e. The van der Waals surface area contributed by atoms with Crippen molar-refractivity contribution in [1.82, 2.24) is 29.0 Å². The summed E-state index contributed by atoms with van der Waals surface area (Å²) in [6, 6.07) is 25.6. The van der Waals surface area contributed by atoms with E-state index >= 15 is 0 Å². The smallest absolute Gasteiger partial charge is 0.253 e. The molecule has 7 aliphatic rings. The molecule has 0 aliphatic carbocycles. The number of halogens is 2. The Labute approximate surface area is 540 Å². The van der Waals surface area contributed by atoms with E-state index in [0.29, 0.717) is 131 Å². The third-order valence-corrected chi connectivity index (χ3v) is 20.5. The van der Waals surface area contributed by atoms with Gasteiger partial charge >= 0.3 is 0 Å². The minimum Gasteiger partial charge on any atom is -0.500 e. The molecule has 2 spiro atoms. The number of sulfonamides is 2. The number of hydrogen-bond acceptors (Lipinski definition) is 14. The molecule has 4 aromatic carbocycles. The van der Waals surface area contributed by atoms with E-state index in [1.807, 2.05) is 86.7 Å². The van der Waals surface area contributed by atoms with Crippen LogP contribution >= 0.6 is 23.2 Å². The normalized spacial score (nSPS) is 20.1. The quantitative estimate of drug-likeness (QED) is 0.0617. The monoisotopic (exact) mass is 1310 g/mol. The number of amidine groups is 2. The van der Waals surface area contributed by atoms with E-state index in [-0.39, 0.29) is 61.3 Å². The molecule has 4 aromatic rings. The highest BCUT2D eigenvalue weighted by Crippen LogP contribution is 2.35. The second kappa shape index (κ2) is 33.4. The second-order valence-electron chi connectivity index (χ2n) is 22.5. The summed E-state index contributed by atoms with van der Waals surface area (Å²) in [4.78, 5) is 64.6. The summed E-state index contributed by atoms with van der Waals surface area (Å²) < 4.78 is 78.6. The number of likely N-dealkylation sites (N-methyl/N-ethyl adjacent to an activating group) is 2. The number of aryl methyl sites for hydroxylation is 4. The average molecular weight is 1320 g/mol. The molecule has 11 rings (SSSR count). The molecule has 0 saturated carbocycles. The lowest BCUT2D eigenvalue weighted by Crippen LogP contribution is -2.50. The maximum absolute atomic E-state index is 13.3. The standard InChI is InChI=1S/C33H42N4O6S.C31H38N4O6S.C2H4Cl2/c1-5-7-20-43-29-10-8-9-27(24-29)30-34-32(39)33(35-30)14-16-37(17-15-33)44(40,41)22-13-26-11-12-28(23-25(26)3)31(38)36(4)18-21-42-19-6-2;1-23-21-26-10-9-24(23)11-20-42(38,39)35-14-12-31(13-15-35)30(37)32-28(33-31)25-7-6-8-27(22-25)41-18-5-3-4-17-40-19-16-34(2)29(26)36;3-1-2-4/h5-6,8-12,23-24H,1-2,7,13-22H2,3-4H3,(H,34,35,39);4,6-10,17,21-22H,3,5,11-16,18-20H2,1-2H3,(H,32,33,37);1-2H2. The van der Waals surface area contributed by atoms with Gasteiger partial charge in [-0.2, -0.15) is 0 Å². The summed E-state index contributed by atoms with van der Waals surface area (Å²) in [5.41, 5.74) is 4.13. The Morgan fingerprint density at radius 2 is 1.47 bits per heavy atom. The number of carbonyl (C=O) groups is 4. The van der Waals surface area contributed by atoms with Crippen LogP contribution in [0.25, 0.3) is 0 Å². The Hall–Kier alpha value is -6.92. The summed E-state index contributed by atoms with van der Waals surface area (Å²) >= 11 is 10.1. The Kier molecular flexibility index (Phi) is 26.2. The van der Waals surface area contributed by atoms with Gasteiger partial charge in [-0.1, -0.05) is 48.6 Å². The number of alkyl halides is 2. The van der Waals surface area contributed by atoms with Crippen LogP contribution < -0.4 is 20.1 Å². The predicted octanol–water partition coefficient (Wildman–Crippen LogP) is 8.03. The zero-order chi connectivity index (χ0) is 64.9. The third kappa shape index (κ3) is 19.1. The van der Waals surface area contributed by atoms with Crippen molar-refractivity contribution in [3.05, 3.63) is 167 Å². The fourth-order valence-electron chi connectivity index (χ4n) is 10.7. The Morgan fingerprint density at radius 3 is 2.11 bits per heavy atom. The van der Waals surface area contributed by atoms with Crippen molar-refractivity contribution in [3.63, 3.8) is 0 Å². The molecule has 0 atom stereocenters. The minimum atomic E-state index is -3.57. The number of nitrogens with one attached hydrogen (secondary N) is 2. The largest absolute Gasteiger partial charge is 0.500 e. The van der Waals surface area contributed by atoms with E-state index in [1.165, 1.54) is 8.61 Å². The summed E-state index contributed by atoms with van der Waals surface area (Å²) in [5.74, 6) is 2.69. The maximum atomic E-state index is 13.3. The molecular formula is C66H84Cl2N8O12S2. The number of rotatable bonds is 16. The van der Waals surface area contributed by atoms with Crippen LogP contribution in [0, 0.1) is 13.8 Å². The molecule has 4 amide bonds. The SMILES string of the molecule is C=CCCOc1cccc(C2=NC3(CCN(S(=O)(=O)CCc4ccc(C(=O)N(C)CCOCC=C)cc4C)CC3)C(=O)N2)c1.Cc1cc2ccc1CCS(=O)(=O)N1CCC3(CC1)N=C(NC3=O)c1cccc(c1)OCCCC=COCCN(C)C2=O.ClCCCl. The van der Waals surface area contributed by atoms with Crippen LogP contribution in [0.4, 0.5) is 0 Å². The van der Waals surface area contributed by atoms with Gasteiger partial charge in [-0.15, -0.1) is 36.4 Å². The lowest BCUT2D eigenvalue weighted by atomic mass is 9.89. The van der Waals surface area contributed by atoms with E-state index in [1.54, 1.807) is 60.5 Å². The number of piperidine rings is 2. The van der Waals surface area contributed by atoms with Crippen LogP contribution in [0.15, 0.2) is 133 Å². The predicted molar refractivity (Wildman–Crippen MR) is 353 cm³/mol. The number of nitrogens with zero attached hydrogens (tertiary/aromatic N) is 6. The molecule has 24 heteroatoms. The number of ether oxygens (including phenoxy) is 4. The second-order valence-corrected chi connectivity index (χ2v) is 27.4. The fourth-order valence-corrected chi connectivity index (χ4v) is 13.7. The summed E-state index contributed by atoms with van der Waals surface area (Å²) in [6.07, 6.45) is 11.2. The fraction of sp³-hybridized carbons (Fsp3) is 0.455. The molecule has 7 bridgehead atoms. The number of aliphatic imine (C=N–C) groups is 2. The Bertz CT molecular complexity index is 3510. The molecule has 7 aliphatic heterocycles. The first-order valence-electron chi connectivity index (χ1n) is 30.3. The molecule has 486 valence electrons. The Morgan fingerprint density at radius 1 is 0.800 bits per heavy atom. The van der Waals surface area contributed by atoms with Crippen molar-refractivity contribution < 1.29 is 55.0 Å². The van der Waals surface area contributed by atoms with Crippen molar-refractivity contribution in [2.75, 3.05) is 110 Å². The summed E-state index contributed by atoms with van der Waals surface area (Å²) in [6.45, 7) is 15.1. The van der Waals surface area contributed by atoms with E-state index in [9.17, 15) is 36.0 Å². The third-order valence-electron chi connectivity index (χ3n) is 16.2. The molecule has 7 heterocycles.